The van der Waals surface area contributed by atoms with Crippen LogP contribution in [0.2, 0.25) is 0 Å². The number of pyridine rings is 1. The molecule has 9 heteroatoms. The quantitative estimate of drug-likeness (QED) is 0.408. The number of rotatable bonds is 3. The highest BCUT2D eigenvalue weighted by molar-refractivity contribution is 7.15. The van der Waals surface area contributed by atoms with Crippen LogP contribution in [0.5, 0.6) is 0 Å². The van der Waals surface area contributed by atoms with Crippen molar-refractivity contribution < 1.29 is 4.39 Å². The van der Waals surface area contributed by atoms with Crippen LogP contribution in [0.15, 0.2) is 55.2 Å². The van der Waals surface area contributed by atoms with Crippen LogP contribution < -0.4 is 0 Å². The third-order valence-electron chi connectivity index (χ3n) is 5.12. The number of imidazole rings is 1. The molecule has 31 heavy (non-hydrogen) atoms. The average molecular weight is 427 g/mol. The second kappa shape index (κ2) is 6.78. The fourth-order valence-corrected chi connectivity index (χ4v) is 4.59. The van der Waals surface area contributed by atoms with Gasteiger partial charge in [0.05, 0.1) is 28.1 Å². The zero-order valence-electron chi connectivity index (χ0n) is 16.2. The summed E-state index contributed by atoms with van der Waals surface area (Å²) in [6, 6.07) is 10.2. The maximum atomic E-state index is 15.5. The van der Waals surface area contributed by atoms with Gasteiger partial charge in [-0.15, -0.1) is 11.3 Å². The molecule has 5 aromatic heterocycles. The number of hydrogen-bond acceptors (Lipinski definition) is 6. The fraction of sp³-hybridized carbons (Fsp3) is 0.0455. The maximum absolute atomic E-state index is 15.5. The summed E-state index contributed by atoms with van der Waals surface area (Å²) in [7, 11) is 0. The highest BCUT2D eigenvalue weighted by Gasteiger charge is 2.21. The lowest BCUT2D eigenvalue weighted by Crippen LogP contribution is -1.93. The van der Waals surface area contributed by atoms with E-state index in [4.69, 9.17) is 4.98 Å². The van der Waals surface area contributed by atoms with E-state index in [0.717, 1.165) is 21.5 Å². The topological polar surface area (TPSA) is 96.0 Å². The van der Waals surface area contributed by atoms with Crippen LogP contribution in [0.3, 0.4) is 0 Å². The number of halogens is 1. The Balaban J connectivity index is 1.56. The summed E-state index contributed by atoms with van der Waals surface area (Å²) in [4.78, 5) is 22.6. The summed E-state index contributed by atoms with van der Waals surface area (Å²) in [5, 5.41) is 7.51. The van der Waals surface area contributed by atoms with Gasteiger partial charge in [0.1, 0.15) is 17.7 Å². The molecule has 6 aromatic rings. The summed E-state index contributed by atoms with van der Waals surface area (Å²) in [5.41, 5.74) is 4.26. The minimum absolute atomic E-state index is 0.168. The minimum atomic E-state index is -0.495. The number of para-hydroxylation sites is 1. The summed E-state index contributed by atoms with van der Waals surface area (Å²) in [6.45, 7) is 2.08. The molecule has 0 aliphatic heterocycles. The van der Waals surface area contributed by atoms with E-state index in [1.807, 2.05) is 18.2 Å². The summed E-state index contributed by atoms with van der Waals surface area (Å²) < 4.78 is 15.5. The van der Waals surface area contributed by atoms with Crippen LogP contribution in [0.25, 0.3) is 55.2 Å². The summed E-state index contributed by atoms with van der Waals surface area (Å²) in [6.07, 6.45) is 6.00. The van der Waals surface area contributed by atoms with Crippen molar-refractivity contribution in [3.8, 4) is 33.2 Å². The van der Waals surface area contributed by atoms with Crippen molar-refractivity contribution in [3.63, 3.8) is 0 Å². The molecule has 0 saturated carbocycles. The Bertz CT molecular complexity index is 1570. The molecule has 150 valence electrons. The third-order valence-corrected chi connectivity index (χ3v) is 6.16. The van der Waals surface area contributed by atoms with E-state index < -0.39 is 5.82 Å². The highest BCUT2D eigenvalue weighted by atomic mass is 32.1. The zero-order valence-corrected chi connectivity index (χ0v) is 17.0. The van der Waals surface area contributed by atoms with Crippen LogP contribution in [-0.2, 0) is 0 Å². The van der Waals surface area contributed by atoms with Gasteiger partial charge in [-0.05, 0) is 25.1 Å². The molecule has 7 nitrogen and oxygen atoms in total. The number of thiophene rings is 1. The first-order valence-corrected chi connectivity index (χ1v) is 10.3. The minimum Gasteiger partial charge on any atom is -0.337 e. The molecule has 0 unspecified atom stereocenters. The molecule has 1 aromatic carbocycles. The van der Waals surface area contributed by atoms with Crippen molar-refractivity contribution in [2.75, 3.05) is 0 Å². The first-order chi connectivity index (χ1) is 15.2. The molecule has 0 atom stereocenters. The van der Waals surface area contributed by atoms with E-state index in [1.165, 1.54) is 23.6 Å². The number of aromatic amines is 2. The molecule has 6 rings (SSSR count). The summed E-state index contributed by atoms with van der Waals surface area (Å²) in [5.74, 6) is -0.00653. The molecule has 0 saturated heterocycles. The van der Waals surface area contributed by atoms with Crippen LogP contribution in [0.1, 0.15) is 4.88 Å². The van der Waals surface area contributed by atoms with Crippen molar-refractivity contribution in [3.05, 3.63) is 65.9 Å². The monoisotopic (exact) mass is 427 g/mol. The normalized spacial score (nSPS) is 11.5. The highest BCUT2D eigenvalue weighted by Crippen LogP contribution is 2.36. The van der Waals surface area contributed by atoms with Crippen molar-refractivity contribution in [2.24, 2.45) is 0 Å². The largest absolute Gasteiger partial charge is 0.337 e. The van der Waals surface area contributed by atoms with E-state index >= 15 is 4.39 Å². The molecule has 0 amide bonds. The number of benzene rings is 1. The van der Waals surface area contributed by atoms with Crippen LogP contribution in [-0.4, -0.2) is 35.1 Å². The zero-order chi connectivity index (χ0) is 20.9. The smallest absolute Gasteiger partial charge is 0.161 e. The third kappa shape index (κ3) is 2.82. The fourth-order valence-electron chi connectivity index (χ4n) is 3.69. The number of fused-ring (bicyclic) bond motifs is 2. The molecule has 5 heterocycles. The van der Waals surface area contributed by atoms with Crippen LogP contribution in [0.4, 0.5) is 4.39 Å². The lowest BCUT2D eigenvalue weighted by Gasteiger charge is -2.03. The van der Waals surface area contributed by atoms with Gasteiger partial charge in [0.2, 0.25) is 0 Å². The lowest BCUT2D eigenvalue weighted by molar-refractivity contribution is 0.638. The maximum Gasteiger partial charge on any atom is 0.161 e. The average Bonchev–Trinajstić information content (AvgIpc) is 3.52. The van der Waals surface area contributed by atoms with E-state index in [-0.39, 0.29) is 5.69 Å². The molecule has 2 N–H and O–H groups in total. The van der Waals surface area contributed by atoms with E-state index in [0.29, 0.717) is 28.0 Å². The second-order valence-electron chi connectivity index (χ2n) is 7.11. The van der Waals surface area contributed by atoms with Gasteiger partial charge in [-0.3, -0.25) is 10.1 Å². The molecule has 0 spiro atoms. The second-order valence-corrected chi connectivity index (χ2v) is 8.39. The van der Waals surface area contributed by atoms with Gasteiger partial charge in [-0.1, -0.05) is 12.1 Å². The van der Waals surface area contributed by atoms with E-state index in [2.05, 4.69) is 49.2 Å². The Morgan fingerprint density at radius 3 is 2.65 bits per heavy atom. The van der Waals surface area contributed by atoms with Crippen LogP contribution >= 0.6 is 11.3 Å². The Kier molecular flexibility index (Phi) is 3.90. The number of nitrogens with zero attached hydrogens (tertiary/aromatic N) is 5. The number of H-pyrrole nitrogens is 2. The van der Waals surface area contributed by atoms with Crippen molar-refractivity contribution in [1.82, 2.24) is 35.1 Å². The predicted octanol–water partition coefficient (Wildman–Crippen LogP) is 5.13. The SMILES string of the molecule is Cc1ccc(-c2cccc3[nH]c(-c4n[nH]c5cnc(-c6cncnc6)c(F)c45)nc23)s1. The van der Waals surface area contributed by atoms with Crippen molar-refractivity contribution in [1.29, 1.82) is 0 Å². The number of aryl methyl sites for hydroxylation is 1. The van der Waals surface area contributed by atoms with Gasteiger partial charge in [0.25, 0.3) is 0 Å². The lowest BCUT2D eigenvalue weighted by atomic mass is 10.1. The predicted molar refractivity (Wildman–Crippen MR) is 118 cm³/mol. The van der Waals surface area contributed by atoms with Gasteiger partial charge in [0.15, 0.2) is 11.6 Å². The Hall–Kier alpha value is -3.98. The Morgan fingerprint density at radius 1 is 0.968 bits per heavy atom. The first-order valence-electron chi connectivity index (χ1n) is 9.53. The van der Waals surface area contributed by atoms with Gasteiger partial charge in [-0.2, -0.15) is 5.10 Å². The first kappa shape index (κ1) is 17.8. The van der Waals surface area contributed by atoms with Gasteiger partial charge >= 0.3 is 0 Å². The molecular weight excluding hydrogens is 413 g/mol. The van der Waals surface area contributed by atoms with Crippen LogP contribution in [0, 0.1) is 12.7 Å². The molecule has 0 aliphatic rings. The molecule has 0 aliphatic carbocycles. The summed E-state index contributed by atoms with van der Waals surface area (Å²) >= 11 is 1.71. The molecular formula is C22H14FN7S. The van der Waals surface area contributed by atoms with Gasteiger partial charge in [-0.25, -0.2) is 19.3 Å². The molecule has 0 bridgehead atoms. The van der Waals surface area contributed by atoms with Gasteiger partial charge < -0.3 is 4.98 Å². The van der Waals surface area contributed by atoms with Crippen molar-refractivity contribution >= 4 is 33.3 Å². The molecule has 0 radical (unpaired) electrons. The van der Waals surface area contributed by atoms with Gasteiger partial charge in [0, 0.05) is 33.3 Å². The molecule has 0 fully saturated rings. The Morgan fingerprint density at radius 2 is 1.84 bits per heavy atom. The number of aromatic nitrogens is 7. The number of nitrogens with one attached hydrogen (secondary N) is 2. The van der Waals surface area contributed by atoms with E-state index in [1.54, 1.807) is 17.5 Å². The van der Waals surface area contributed by atoms with Crippen molar-refractivity contribution in [2.45, 2.75) is 6.92 Å². The Labute approximate surface area is 179 Å². The van der Waals surface area contributed by atoms with E-state index in [9.17, 15) is 0 Å². The standard InChI is InChI=1S/C22H14FN7S/c1-11-5-6-16(31-11)13-3-2-4-14-20(13)28-22(27-14)21-17-15(29-30-21)9-26-19(18(17)23)12-7-24-10-25-8-12/h2-10H,1H3,(H,27,28)(H,29,30). The number of hydrogen-bond donors (Lipinski definition) is 2.